The Labute approximate surface area is 238 Å². The van der Waals surface area contributed by atoms with Crippen molar-refractivity contribution >= 4 is 39.1 Å². The van der Waals surface area contributed by atoms with Gasteiger partial charge in [-0.15, -0.1) is 0 Å². The quantitative estimate of drug-likeness (QED) is 0.417. The Morgan fingerprint density at radius 3 is 2.58 bits per heavy atom. The molecule has 1 spiro atoms. The van der Waals surface area contributed by atoms with Gasteiger partial charge in [-0.2, -0.15) is 0 Å². The molecule has 1 amide bonds. The number of benzene rings is 3. The van der Waals surface area contributed by atoms with E-state index in [0.717, 1.165) is 11.8 Å². The number of amides is 1. The van der Waals surface area contributed by atoms with E-state index < -0.39 is 27.5 Å². The predicted molar refractivity (Wildman–Crippen MR) is 152 cm³/mol. The molecule has 1 fully saturated rings. The van der Waals surface area contributed by atoms with Gasteiger partial charge in [0.15, 0.2) is 15.4 Å². The van der Waals surface area contributed by atoms with E-state index in [1.165, 1.54) is 11.0 Å². The van der Waals surface area contributed by atoms with E-state index in [4.69, 9.17) is 26.8 Å². The molecule has 0 aliphatic carbocycles. The second kappa shape index (κ2) is 10.6. The maximum Gasteiger partial charge on any atom is 0.410 e. The Bertz CT molecular complexity index is 1640. The van der Waals surface area contributed by atoms with Gasteiger partial charge in [-0.05, 0) is 66.3 Å². The largest absolute Gasteiger partial charge is 0.447 e. The predicted octanol–water partition coefficient (Wildman–Crippen LogP) is 5.12. The summed E-state index contributed by atoms with van der Waals surface area (Å²) in [5.74, 6) is -0.581. The molecular formula is C30H29ClN2O6S. The Morgan fingerprint density at radius 1 is 1.10 bits per heavy atom. The summed E-state index contributed by atoms with van der Waals surface area (Å²) in [6.45, 7) is 2.51. The molecule has 0 saturated carbocycles. The molecule has 2 aliphatic rings. The maximum atomic E-state index is 13.2. The third kappa shape index (κ3) is 5.31. The first-order valence-electron chi connectivity index (χ1n) is 12.8. The third-order valence-electron chi connectivity index (χ3n) is 7.33. The van der Waals surface area contributed by atoms with E-state index in [9.17, 15) is 18.0 Å². The van der Waals surface area contributed by atoms with Gasteiger partial charge in [0.25, 0.3) is 0 Å². The minimum absolute atomic E-state index is 0.0881. The van der Waals surface area contributed by atoms with Crippen LogP contribution in [-0.2, 0) is 30.7 Å². The molecule has 40 heavy (non-hydrogen) atoms. The van der Waals surface area contributed by atoms with Crippen molar-refractivity contribution in [1.82, 2.24) is 4.90 Å². The van der Waals surface area contributed by atoms with E-state index in [-0.39, 0.29) is 29.3 Å². The summed E-state index contributed by atoms with van der Waals surface area (Å²) < 4.78 is 35.5. The Morgan fingerprint density at radius 2 is 1.85 bits per heavy atom. The third-order valence-corrected chi connectivity index (χ3v) is 8.75. The van der Waals surface area contributed by atoms with Crippen LogP contribution in [-0.4, -0.2) is 50.3 Å². The van der Waals surface area contributed by atoms with E-state index in [2.05, 4.69) is 0 Å². The zero-order valence-corrected chi connectivity index (χ0v) is 23.7. The first kappa shape index (κ1) is 27.7. The lowest BCUT2D eigenvalue weighted by Crippen LogP contribution is -2.53. The highest BCUT2D eigenvalue weighted by atomic mass is 35.5. The van der Waals surface area contributed by atoms with Crippen LogP contribution in [0.5, 0.6) is 0 Å². The standard InChI is InChI=1S/C30H29ClN2O6S/c1-19-14-24(21-10-6-11-22(15-21)40(2,36)37)25(31)16-23(19)26-27(32)30(39-28(26)34)12-7-13-33(18-30)29(35)38-17-20-8-4-3-5-9-20/h3-6,8-11,14-16H,7,12-13,17-18,32H2,1-2H3. The lowest BCUT2D eigenvalue weighted by atomic mass is 9.87. The number of piperidine rings is 1. The first-order valence-corrected chi connectivity index (χ1v) is 15.1. The summed E-state index contributed by atoms with van der Waals surface area (Å²) in [6.07, 6.45) is 1.70. The minimum Gasteiger partial charge on any atom is -0.447 e. The molecular weight excluding hydrogens is 552 g/mol. The molecule has 3 aromatic rings. The molecule has 1 saturated heterocycles. The number of nitrogens with zero attached hydrogens (tertiary/aromatic N) is 1. The minimum atomic E-state index is -3.40. The highest BCUT2D eigenvalue weighted by Crippen LogP contribution is 2.43. The second-order valence-electron chi connectivity index (χ2n) is 10.2. The fourth-order valence-corrected chi connectivity index (χ4v) is 6.17. The van der Waals surface area contributed by atoms with Crippen molar-refractivity contribution in [3.63, 3.8) is 0 Å². The number of likely N-dealkylation sites (tertiary alicyclic amines) is 1. The SMILES string of the molecule is Cc1cc(-c2cccc(S(C)(=O)=O)c2)c(Cl)cc1C1=C(N)C2(CCCN(C(=O)OCc3ccccc3)C2)OC1=O. The van der Waals surface area contributed by atoms with E-state index in [1.807, 2.05) is 37.3 Å². The van der Waals surface area contributed by atoms with Crippen LogP contribution in [0, 0.1) is 6.92 Å². The Balaban J connectivity index is 1.42. The van der Waals surface area contributed by atoms with Crippen LogP contribution in [0.3, 0.4) is 0 Å². The highest BCUT2D eigenvalue weighted by molar-refractivity contribution is 7.90. The van der Waals surface area contributed by atoms with Gasteiger partial charge in [-0.25, -0.2) is 18.0 Å². The number of ether oxygens (including phenoxy) is 2. The summed E-state index contributed by atoms with van der Waals surface area (Å²) >= 11 is 6.67. The zero-order chi connectivity index (χ0) is 28.7. The number of hydrogen-bond donors (Lipinski definition) is 1. The zero-order valence-electron chi connectivity index (χ0n) is 22.1. The number of sulfone groups is 1. The van der Waals surface area contributed by atoms with Crippen molar-refractivity contribution in [2.24, 2.45) is 5.73 Å². The molecule has 1 atom stereocenters. The van der Waals surface area contributed by atoms with Gasteiger partial charge < -0.3 is 20.1 Å². The average molecular weight is 581 g/mol. The van der Waals surface area contributed by atoms with Gasteiger partial charge in [0.1, 0.15) is 6.61 Å². The summed E-state index contributed by atoms with van der Waals surface area (Å²) in [5.41, 5.74) is 9.30. The van der Waals surface area contributed by atoms with Crippen molar-refractivity contribution in [3.8, 4) is 11.1 Å². The molecule has 5 rings (SSSR count). The molecule has 0 bridgehead atoms. The normalized spacial score (nSPS) is 19.2. The lowest BCUT2D eigenvalue weighted by Gasteiger charge is -2.39. The van der Waals surface area contributed by atoms with Crippen molar-refractivity contribution in [2.45, 2.75) is 36.9 Å². The van der Waals surface area contributed by atoms with Crippen LogP contribution in [0.4, 0.5) is 4.79 Å². The highest BCUT2D eigenvalue weighted by Gasteiger charge is 2.50. The van der Waals surface area contributed by atoms with Crippen LogP contribution in [0.15, 0.2) is 77.3 Å². The first-order chi connectivity index (χ1) is 19.0. The van der Waals surface area contributed by atoms with Crippen LogP contribution in [0.1, 0.15) is 29.5 Å². The molecule has 0 aromatic heterocycles. The average Bonchev–Trinajstić information content (AvgIpc) is 3.16. The van der Waals surface area contributed by atoms with Crippen LogP contribution < -0.4 is 5.73 Å². The fourth-order valence-electron chi connectivity index (χ4n) is 5.23. The molecule has 2 heterocycles. The summed E-state index contributed by atoms with van der Waals surface area (Å²) in [6, 6.07) is 19.3. The second-order valence-corrected chi connectivity index (χ2v) is 12.6. The van der Waals surface area contributed by atoms with Crippen molar-refractivity contribution in [1.29, 1.82) is 0 Å². The summed E-state index contributed by atoms with van der Waals surface area (Å²) in [7, 11) is -3.40. The molecule has 208 valence electrons. The van der Waals surface area contributed by atoms with Gasteiger partial charge >= 0.3 is 12.1 Å². The van der Waals surface area contributed by atoms with Gasteiger partial charge in [-0.3, -0.25) is 0 Å². The number of esters is 1. The number of nitrogens with two attached hydrogens (primary N) is 1. The fraction of sp³-hybridized carbons (Fsp3) is 0.267. The number of halogens is 1. The van der Waals surface area contributed by atoms with E-state index in [0.29, 0.717) is 46.7 Å². The number of rotatable bonds is 5. The van der Waals surface area contributed by atoms with Crippen molar-refractivity contribution in [2.75, 3.05) is 19.3 Å². The molecule has 2 N–H and O–H groups in total. The Hall–Kier alpha value is -3.82. The maximum absolute atomic E-state index is 13.2. The number of carbonyl (C=O) groups excluding carboxylic acids is 2. The number of carbonyl (C=O) groups is 2. The topological polar surface area (TPSA) is 116 Å². The van der Waals surface area contributed by atoms with E-state index >= 15 is 0 Å². The van der Waals surface area contributed by atoms with Crippen LogP contribution in [0.2, 0.25) is 5.02 Å². The number of aryl methyl sites for hydroxylation is 1. The van der Waals surface area contributed by atoms with E-state index in [1.54, 1.807) is 30.3 Å². The number of hydrogen-bond acceptors (Lipinski definition) is 7. The van der Waals surface area contributed by atoms with Gasteiger partial charge in [0.05, 0.1) is 22.7 Å². The molecule has 8 nitrogen and oxygen atoms in total. The van der Waals surface area contributed by atoms with Crippen LogP contribution in [0.25, 0.3) is 16.7 Å². The van der Waals surface area contributed by atoms with Gasteiger partial charge in [0.2, 0.25) is 0 Å². The van der Waals surface area contributed by atoms with Crippen molar-refractivity contribution < 1.29 is 27.5 Å². The molecule has 2 aliphatic heterocycles. The summed E-state index contributed by atoms with van der Waals surface area (Å²) in [5, 5.41) is 0.329. The van der Waals surface area contributed by atoms with Gasteiger partial charge in [0, 0.05) is 23.4 Å². The molecule has 0 radical (unpaired) electrons. The van der Waals surface area contributed by atoms with Crippen LogP contribution >= 0.6 is 11.6 Å². The Kier molecular flexibility index (Phi) is 7.37. The smallest absolute Gasteiger partial charge is 0.410 e. The molecule has 1 unspecified atom stereocenters. The van der Waals surface area contributed by atoms with Crippen molar-refractivity contribution in [3.05, 3.63) is 94.1 Å². The monoisotopic (exact) mass is 580 g/mol. The molecule has 10 heteroatoms. The van der Waals surface area contributed by atoms with Gasteiger partial charge in [-0.1, -0.05) is 54.1 Å². The molecule has 3 aromatic carbocycles. The lowest BCUT2D eigenvalue weighted by molar-refractivity contribution is -0.149. The summed E-state index contributed by atoms with van der Waals surface area (Å²) in [4.78, 5) is 27.8.